The van der Waals surface area contributed by atoms with Crippen LogP contribution in [0.2, 0.25) is 0 Å². The molecule has 0 aromatic heterocycles. The molecule has 0 saturated carbocycles. The predicted octanol–water partition coefficient (Wildman–Crippen LogP) is 5.33. The van der Waals surface area contributed by atoms with Crippen LogP contribution >= 0.6 is 11.8 Å². The fourth-order valence-electron chi connectivity index (χ4n) is 3.14. The molecule has 0 amide bonds. The standard InChI is InChI=1S/C22H19FO4S2/c1-14-7-9-17(10-8-14)29(24,25)26-13-21-27-22-19(11-16(23)12-20(22)28-21)18-6-4-3-5-15(18)2/h3-12,21H,13H2,1-2H3. The van der Waals surface area contributed by atoms with Gasteiger partial charge in [-0.25, -0.2) is 4.39 Å². The summed E-state index contributed by atoms with van der Waals surface area (Å²) < 4.78 is 50.2. The Labute approximate surface area is 173 Å². The molecule has 1 aliphatic heterocycles. The second kappa shape index (κ2) is 7.82. The molecule has 0 aliphatic carbocycles. The van der Waals surface area contributed by atoms with Crippen LogP contribution in [0.25, 0.3) is 11.1 Å². The largest absolute Gasteiger partial charge is 0.475 e. The van der Waals surface area contributed by atoms with Gasteiger partial charge in [0.05, 0.1) is 9.79 Å². The van der Waals surface area contributed by atoms with E-state index in [1.54, 1.807) is 12.1 Å². The molecule has 4 nitrogen and oxygen atoms in total. The Hall–Kier alpha value is -2.35. The molecular formula is C22H19FO4S2. The Kier molecular flexibility index (Phi) is 5.38. The molecule has 3 aromatic rings. The van der Waals surface area contributed by atoms with Crippen molar-refractivity contribution in [3.05, 3.63) is 77.6 Å². The van der Waals surface area contributed by atoms with Crippen molar-refractivity contribution in [2.45, 2.75) is 29.1 Å². The lowest BCUT2D eigenvalue weighted by molar-refractivity contribution is 0.202. The van der Waals surface area contributed by atoms with Crippen molar-refractivity contribution in [1.82, 2.24) is 0 Å². The monoisotopic (exact) mass is 430 g/mol. The molecular weight excluding hydrogens is 411 g/mol. The van der Waals surface area contributed by atoms with Crippen molar-refractivity contribution in [1.29, 1.82) is 0 Å². The van der Waals surface area contributed by atoms with Crippen molar-refractivity contribution in [2.75, 3.05) is 6.61 Å². The van der Waals surface area contributed by atoms with E-state index in [0.29, 0.717) is 16.2 Å². The van der Waals surface area contributed by atoms with Gasteiger partial charge in [-0.05, 0) is 49.2 Å². The second-order valence-electron chi connectivity index (χ2n) is 6.81. The molecule has 0 saturated heterocycles. The first-order valence-electron chi connectivity index (χ1n) is 9.02. The van der Waals surface area contributed by atoms with Crippen molar-refractivity contribution >= 4 is 21.9 Å². The third-order valence-electron chi connectivity index (χ3n) is 4.63. The van der Waals surface area contributed by atoms with Crippen LogP contribution in [0.3, 0.4) is 0 Å². The first-order valence-corrected chi connectivity index (χ1v) is 11.3. The average Bonchev–Trinajstić information content (AvgIpc) is 3.09. The van der Waals surface area contributed by atoms with Gasteiger partial charge in [-0.1, -0.05) is 53.7 Å². The minimum Gasteiger partial charge on any atom is -0.475 e. The van der Waals surface area contributed by atoms with Crippen molar-refractivity contribution in [3.8, 4) is 16.9 Å². The Morgan fingerprint density at radius 2 is 1.76 bits per heavy atom. The van der Waals surface area contributed by atoms with E-state index in [-0.39, 0.29) is 17.3 Å². The van der Waals surface area contributed by atoms with E-state index in [9.17, 15) is 12.8 Å². The maximum Gasteiger partial charge on any atom is 0.297 e. The SMILES string of the molecule is Cc1ccc(S(=O)(=O)OCC2Oc3c(cc(F)cc3-c3ccccc3C)S2)cc1. The van der Waals surface area contributed by atoms with Gasteiger partial charge in [0.2, 0.25) is 0 Å². The topological polar surface area (TPSA) is 52.6 Å². The zero-order valence-electron chi connectivity index (χ0n) is 15.9. The number of hydrogen-bond acceptors (Lipinski definition) is 5. The van der Waals surface area contributed by atoms with Crippen LogP contribution in [0, 0.1) is 19.7 Å². The van der Waals surface area contributed by atoms with E-state index < -0.39 is 15.6 Å². The number of fused-ring (bicyclic) bond motifs is 1. The summed E-state index contributed by atoms with van der Waals surface area (Å²) >= 11 is 1.25. The number of hydrogen-bond donors (Lipinski definition) is 0. The summed E-state index contributed by atoms with van der Waals surface area (Å²) in [4.78, 5) is 0.722. The molecule has 0 N–H and O–H groups in total. The molecule has 0 fully saturated rings. The molecule has 29 heavy (non-hydrogen) atoms. The van der Waals surface area contributed by atoms with Gasteiger partial charge in [0.1, 0.15) is 18.2 Å². The lowest BCUT2D eigenvalue weighted by Gasteiger charge is -2.13. The van der Waals surface area contributed by atoms with Crippen LogP contribution in [0.1, 0.15) is 11.1 Å². The van der Waals surface area contributed by atoms with Crippen LogP contribution in [-0.4, -0.2) is 20.5 Å². The minimum atomic E-state index is -3.90. The van der Waals surface area contributed by atoms with Gasteiger partial charge in [0.15, 0.2) is 5.44 Å². The number of benzene rings is 3. The Balaban J connectivity index is 1.54. The zero-order valence-corrected chi connectivity index (χ0v) is 17.5. The molecule has 3 aromatic carbocycles. The van der Waals surface area contributed by atoms with E-state index in [0.717, 1.165) is 16.7 Å². The molecule has 0 bridgehead atoms. The smallest absolute Gasteiger partial charge is 0.297 e. The third kappa shape index (κ3) is 4.17. The van der Waals surface area contributed by atoms with Crippen LogP contribution in [0.5, 0.6) is 5.75 Å². The molecule has 4 rings (SSSR count). The number of halogens is 1. The first-order chi connectivity index (χ1) is 13.8. The fourth-order valence-corrected chi connectivity index (χ4v) is 5.14. The highest BCUT2D eigenvalue weighted by Crippen LogP contribution is 2.47. The first kappa shape index (κ1) is 19.9. The number of rotatable bonds is 5. The quantitative estimate of drug-likeness (QED) is 0.513. The fraction of sp³-hybridized carbons (Fsp3) is 0.182. The summed E-state index contributed by atoms with van der Waals surface area (Å²) in [5, 5.41) is 0. The van der Waals surface area contributed by atoms with E-state index in [1.165, 1.54) is 36.0 Å². The maximum atomic E-state index is 14.2. The van der Waals surface area contributed by atoms with Crippen LogP contribution < -0.4 is 4.74 Å². The van der Waals surface area contributed by atoms with Gasteiger partial charge in [0, 0.05) is 5.56 Å². The highest BCUT2D eigenvalue weighted by Gasteiger charge is 2.30. The Morgan fingerprint density at radius 1 is 1.03 bits per heavy atom. The van der Waals surface area contributed by atoms with E-state index in [4.69, 9.17) is 8.92 Å². The zero-order chi connectivity index (χ0) is 20.6. The molecule has 0 spiro atoms. The van der Waals surface area contributed by atoms with Crippen LogP contribution in [-0.2, 0) is 14.3 Å². The van der Waals surface area contributed by atoms with Gasteiger partial charge in [0.25, 0.3) is 10.1 Å². The molecule has 150 valence electrons. The van der Waals surface area contributed by atoms with Gasteiger partial charge in [-0.15, -0.1) is 0 Å². The van der Waals surface area contributed by atoms with Gasteiger partial charge < -0.3 is 4.74 Å². The number of aryl methyl sites for hydroxylation is 2. The van der Waals surface area contributed by atoms with Crippen LogP contribution in [0.4, 0.5) is 4.39 Å². The molecule has 1 heterocycles. The van der Waals surface area contributed by atoms with E-state index >= 15 is 0 Å². The van der Waals surface area contributed by atoms with E-state index in [2.05, 4.69) is 0 Å². The lowest BCUT2D eigenvalue weighted by Crippen LogP contribution is -2.19. The Morgan fingerprint density at radius 3 is 2.48 bits per heavy atom. The Bertz CT molecular complexity index is 1160. The van der Waals surface area contributed by atoms with Gasteiger partial charge in [-0.2, -0.15) is 8.42 Å². The molecule has 1 unspecified atom stereocenters. The summed E-state index contributed by atoms with van der Waals surface area (Å²) in [5.41, 5.74) is 2.89. The maximum absolute atomic E-state index is 14.2. The average molecular weight is 431 g/mol. The lowest BCUT2D eigenvalue weighted by atomic mass is 9.99. The summed E-state index contributed by atoms with van der Waals surface area (Å²) in [6.07, 6.45) is 0. The van der Waals surface area contributed by atoms with Crippen molar-refractivity contribution in [3.63, 3.8) is 0 Å². The van der Waals surface area contributed by atoms with Crippen LogP contribution in [0.15, 0.2) is 70.5 Å². The second-order valence-corrected chi connectivity index (χ2v) is 9.63. The third-order valence-corrected chi connectivity index (χ3v) is 6.98. The van der Waals surface area contributed by atoms with E-state index in [1.807, 2.05) is 38.1 Å². The van der Waals surface area contributed by atoms with Gasteiger partial charge >= 0.3 is 0 Å². The summed E-state index contributed by atoms with van der Waals surface area (Å²) in [5.74, 6) is 0.180. The molecule has 1 atom stereocenters. The highest BCUT2D eigenvalue weighted by atomic mass is 32.2. The number of ether oxygens (including phenoxy) is 1. The summed E-state index contributed by atoms with van der Waals surface area (Å²) in [7, 11) is -3.90. The molecule has 0 radical (unpaired) electrons. The summed E-state index contributed by atoms with van der Waals surface area (Å²) in [6.45, 7) is 3.65. The molecule has 1 aliphatic rings. The normalized spacial score (nSPS) is 15.8. The highest BCUT2D eigenvalue weighted by molar-refractivity contribution is 8.00. The van der Waals surface area contributed by atoms with Crippen molar-refractivity contribution in [2.24, 2.45) is 0 Å². The van der Waals surface area contributed by atoms with Gasteiger partial charge in [-0.3, -0.25) is 4.18 Å². The summed E-state index contributed by atoms with van der Waals surface area (Å²) in [6, 6.07) is 16.9. The minimum absolute atomic E-state index is 0.0928. The number of thioether (sulfide) groups is 1. The predicted molar refractivity (Wildman–Crippen MR) is 111 cm³/mol. The molecule has 7 heteroatoms. The van der Waals surface area contributed by atoms with Crippen molar-refractivity contribution < 1.29 is 21.7 Å².